The van der Waals surface area contributed by atoms with Gasteiger partial charge in [-0.2, -0.15) is 0 Å². The average molecular weight is 552 g/mol. The highest BCUT2D eigenvalue weighted by Gasteiger charge is 2.31. The number of carbonyl (C=O) groups is 1. The first-order chi connectivity index (χ1) is 18.0. The number of piperidine rings is 1. The number of ether oxygens (including phenoxy) is 1. The van der Waals surface area contributed by atoms with E-state index in [0.29, 0.717) is 44.7 Å². The fourth-order valence-corrected chi connectivity index (χ4v) is 5.59. The second-order valence-corrected chi connectivity index (χ2v) is 10.7. The zero-order chi connectivity index (χ0) is 27.3. The van der Waals surface area contributed by atoms with E-state index in [1.54, 1.807) is 0 Å². The standard InChI is InChI=1S/C25H28F3N5O4S/c1-17-16-23(21-4-2-3-5-22(21)30-17)31-24(34)29-12-15-33-13-10-18(11-14-33)32-38(35,36)20-8-6-19(7-9-20)37-25(26,27)28/h2-9,16,18,32H,10-15H2,1H3,(H2,29,30,31,34). The number of benzene rings is 2. The van der Waals surface area contributed by atoms with Crippen LogP contribution in [0.2, 0.25) is 0 Å². The highest BCUT2D eigenvalue weighted by Crippen LogP contribution is 2.25. The molecule has 0 bridgehead atoms. The Morgan fingerprint density at radius 2 is 1.79 bits per heavy atom. The van der Waals surface area contributed by atoms with Crippen LogP contribution < -0.4 is 20.1 Å². The summed E-state index contributed by atoms with van der Waals surface area (Å²) in [6, 6.07) is 12.8. The Hall–Kier alpha value is -3.42. The number of carbonyl (C=O) groups excluding carboxylic acids is 1. The Bertz CT molecular complexity index is 1380. The van der Waals surface area contributed by atoms with Gasteiger partial charge in [0, 0.05) is 30.2 Å². The van der Waals surface area contributed by atoms with Crippen molar-refractivity contribution in [3.63, 3.8) is 0 Å². The van der Waals surface area contributed by atoms with Gasteiger partial charge in [0.15, 0.2) is 0 Å². The van der Waals surface area contributed by atoms with E-state index in [1.165, 1.54) is 0 Å². The molecule has 3 aromatic rings. The minimum absolute atomic E-state index is 0.137. The molecule has 1 saturated heterocycles. The van der Waals surface area contributed by atoms with Crippen molar-refractivity contribution in [1.29, 1.82) is 0 Å². The van der Waals surface area contributed by atoms with E-state index in [1.807, 2.05) is 37.3 Å². The lowest BCUT2D eigenvalue weighted by Crippen LogP contribution is -2.46. The van der Waals surface area contributed by atoms with Gasteiger partial charge in [0.05, 0.1) is 16.1 Å². The molecule has 204 valence electrons. The highest BCUT2D eigenvalue weighted by molar-refractivity contribution is 7.89. The number of aryl methyl sites for hydroxylation is 1. The molecule has 0 unspecified atom stereocenters. The summed E-state index contributed by atoms with van der Waals surface area (Å²) in [7, 11) is -3.89. The second kappa shape index (κ2) is 11.5. The minimum atomic E-state index is -4.85. The Kier molecular flexibility index (Phi) is 8.38. The molecule has 2 aromatic carbocycles. The predicted octanol–water partition coefficient (Wildman–Crippen LogP) is 4.01. The van der Waals surface area contributed by atoms with Gasteiger partial charge in [-0.3, -0.25) is 4.98 Å². The number of para-hydroxylation sites is 1. The van der Waals surface area contributed by atoms with Crippen LogP contribution in [0.1, 0.15) is 18.5 Å². The molecular weight excluding hydrogens is 523 g/mol. The van der Waals surface area contributed by atoms with Gasteiger partial charge in [0.2, 0.25) is 10.0 Å². The van der Waals surface area contributed by atoms with Gasteiger partial charge < -0.3 is 20.3 Å². The highest BCUT2D eigenvalue weighted by atomic mass is 32.2. The number of fused-ring (bicyclic) bond motifs is 1. The largest absolute Gasteiger partial charge is 0.573 e. The topological polar surface area (TPSA) is 113 Å². The van der Waals surface area contributed by atoms with Gasteiger partial charge in [-0.1, -0.05) is 18.2 Å². The van der Waals surface area contributed by atoms with Crippen molar-refractivity contribution in [2.45, 2.75) is 37.1 Å². The molecule has 0 radical (unpaired) electrons. The maximum atomic E-state index is 12.6. The first kappa shape index (κ1) is 27.6. The number of alkyl halides is 3. The van der Waals surface area contributed by atoms with Crippen LogP contribution in [0.15, 0.2) is 59.5 Å². The number of nitrogens with zero attached hydrogens (tertiary/aromatic N) is 2. The van der Waals surface area contributed by atoms with E-state index in [-0.39, 0.29) is 17.0 Å². The van der Waals surface area contributed by atoms with E-state index in [4.69, 9.17) is 0 Å². The van der Waals surface area contributed by atoms with Gasteiger partial charge in [0.25, 0.3) is 0 Å². The van der Waals surface area contributed by atoms with E-state index < -0.39 is 22.1 Å². The van der Waals surface area contributed by atoms with Crippen molar-refractivity contribution < 1.29 is 31.1 Å². The third-order valence-electron chi connectivity index (χ3n) is 6.08. The normalized spacial score (nSPS) is 15.4. The van der Waals surface area contributed by atoms with Gasteiger partial charge in [-0.15, -0.1) is 13.2 Å². The lowest BCUT2D eigenvalue weighted by atomic mass is 10.1. The SMILES string of the molecule is Cc1cc(NC(=O)NCCN2CCC(NS(=O)(=O)c3ccc(OC(F)(F)F)cc3)CC2)c2ccccc2n1. The number of urea groups is 1. The van der Waals surface area contributed by atoms with E-state index in [0.717, 1.165) is 40.9 Å². The van der Waals surface area contributed by atoms with Gasteiger partial charge in [-0.25, -0.2) is 17.9 Å². The molecule has 1 fully saturated rings. The quantitative estimate of drug-likeness (QED) is 0.390. The summed E-state index contributed by atoms with van der Waals surface area (Å²) in [5.74, 6) is -0.490. The number of hydrogen-bond donors (Lipinski definition) is 3. The number of hydrogen-bond acceptors (Lipinski definition) is 6. The Balaban J connectivity index is 1.20. The van der Waals surface area contributed by atoms with E-state index >= 15 is 0 Å². The van der Waals surface area contributed by atoms with E-state index in [9.17, 15) is 26.4 Å². The Labute approximate surface area is 218 Å². The first-order valence-corrected chi connectivity index (χ1v) is 13.5. The monoisotopic (exact) mass is 551 g/mol. The molecule has 0 spiro atoms. The lowest BCUT2D eigenvalue weighted by molar-refractivity contribution is -0.274. The van der Waals surface area contributed by atoms with Crippen LogP contribution in [0.25, 0.3) is 10.9 Å². The van der Waals surface area contributed by atoms with Crippen LogP contribution in [-0.2, 0) is 10.0 Å². The number of likely N-dealkylation sites (tertiary alicyclic amines) is 1. The molecule has 0 atom stereocenters. The Morgan fingerprint density at radius 3 is 2.47 bits per heavy atom. The molecule has 0 aliphatic carbocycles. The van der Waals surface area contributed by atoms with Crippen molar-refractivity contribution in [2.75, 3.05) is 31.5 Å². The molecule has 1 aromatic heterocycles. The minimum Gasteiger partial charge on any atom is -0.406 e. The van der Waals surface area contributed by atoms with Crippen LogP contribution in [0.4, 0.5) is 23.7 Å². The number of aromatic nitrogens is 1. The van der Waals surface area contributed by atoms with Crippen LogP contribution >= 0.6 is 0 Å². The molecule has 1 aliphatic rings. The fourth-order valence-electron chi connectivity index (χ4n) is 4.29. The summed E-state index contributed by atoms with van der Waals surface area (Å²) in [4.78, 5) is 18.9. The molecule has 2 heterocycles. The van der Waals surface area contributed by atoms with Crippen molar-refractivity contribution in [3.05, 3.63) is 60.3 Å². The van der Waals surface area contributed by atoms with Crippen molar-refractivity contribution >= 4 is 32.6 Å². The summed E-state index contributed by atoms with van der Waals surface area (Å²) in [6.45, 7) is 4.13. The predicted molar refractivity (Wildman–Crippen MR) is 136 cm³/mol. The van der Waals surface area contributed by atoms with Gasteiger partial charge in [-0.05, 0) is 69.3 Å². The zero-order valence-electron chi connectivity index (χ0n) is 20.6. The molecule has 0 saturated carbocycles. The number of sulfonamides is 1. The van der Waals surface area contributed by atoms with E-state index in [2.05, 4.69) is 30.0 Å². The smallest absolute Gasteiger partial charge is 0.406 e. The summed E-state index contributed by atoms with van der Waals surface area (Å²) < 4.78 is 68.6. The number of halogens is 3. The number of nitrogens with one attached hydrogen (secondary N) is 3. The maximum Gasteiger partial charge on any atom is 0.573 e. The van der Waals surface area contributed by atoms with Crippen molar-refractivity contribution in [1.82, 2.24) is 19.9 Å². The third-order valence-corrected chi connectivity index (χ3v) is 7.62. The molecule has 3 N–H and O–H groups in total. The number of anilines is 1. The molecule has 2 amide bonds. The summed E-state index contributed by atoms with van der Waals surface area (Å²) in [5, 5.41) is 6.58. The van der Waals surface area contributed by atoms with Crippen LogP contribution in [0.3, 0.4) is 0 Å². The third kappa shape index (κ3) is 7.55. The maximum absolute atomic E-state index is 12.6. The molecular formula is C25H28F3N5O4S. The average Bonchev–Trinajstić information content (AvgIpc) is 2.84. The van der Waals surface area contributed by atoms with Gasteiger partial charge in [0.1, 0.15) is 5.75 Å². The zero-order valence-corrected chi connectivity index (χ0v) is 21.4. The lowest BCUT2D eigenvalue weighted by Gasteiger charge is -2.32. The molecule has 1 aliphatic heterocycles. The number of rotatable bonds is 8. The summed E-state index contributed by atoms with van der Waals surface area (Å²) in [6.07, 6.45) is -3.73. The molecule has 9 nitrogen and oxygen atoms in total. The fraction of sp³-hybridized carbons (Fsp3) is 0.360. The number of amides is 2. The number of pyridine rings is 1. The van der Waals surface area contributed by atoms with Crippen LogP contribution in [-0.4, -0.2) is 62.9 Å². The molecule has 4 rings (SSSR count). The summed E-state index contributed by atoms with van der Waals surface area (Å²) in [5.41, 5.74) is 2.28. The molecule has 13 heteroatoms. The summed E-state index contributed by atoms with van der Waals surface area (Å²) >= 11 is 0. The van der Waals surface area contributed by atoms with Gasteiger partial charge >= 0.3 is 12.4 Å². The van der Waals surface area contributed by atoms with Crippen LogP contribution in [0, 0.1) is 6.92 Å². The second-order valence-electron chi connectivity index (χ2n) is 8.97. The Morgan fingerprint density at radius 1 is 1.11 bits per heavy atom. The van der Waals surface area contributed by atoms with Crippen LogP contribution in [0.5, 0.6) is 5.75 Å². The first-order valence-electron chi connectivity index (χ1n) is 12.0. The van der Waals surface area contributed by atoms with Crippen molar-refractivity contribution in [3.8, 4) is 5.75 Å². The van der Waals surface area contributed by atoms with Crippen molar-refractivity contribution in [2.24, 2.45) is 0 Å². The molecule has 38 heavy (non-hydrogen) atoms.